The molecular weight excluding hydrogens is 420 g/mol. The van der Waals surface area contributed by atoms with Gasteiger partial charge in [0.1, 0.15) is 0 Å². The Balaban J connectivity index is 1.42. The van der Waals surface area contributed by atoms with Gasteiger partial charge in [0, 0.05) is 62.7 Å². The number of nitro benzene ring substituents is 1. The molecule has 2 aromatic rings. The molecule has 0 radical (unpaired) electrons. The van der Waals surface area contributed by atoms with Crippen LogP contribution in [0.4, 0.5) is 11.4 Å². The van der Waals surface area contributed by atoms with Gasteiger partial charge in [-0.3, -0.25) is 14.9 Å². The summed E-state index contributed by atoms with van der Waals surface area (Å²) >= 11 is 0. The number of benzene rings is 2. The summed E-state index contributed by atoms with van der Waals surface area (Å²) in [4.78, 5) is 27.3. The predicted octanol–water partition coefficient (Wildman–Crippen LogP) is 2.34. The third-order valence-electron chi connectivity index (χ3n) is 5.78. The van der Waals surface area contributed by atoms with Crippen LogP contribution in [0.25, 0.3) is 0 Å². The molecule has 31 heavy (non-hydrogen) atoms. The average Bonchev–Trinajstić information content (AvgIpc) is 3.35. The highest BCUT2D eigenvalue weighted by Crippen LogP contribution is 2.24. The second-order valence-electron chi connectivity index (χ2n) is 7.69. The normalized spacial score (nSPS) is 17.7. The molecule has 164 valence electrons. The van der Waals surface area contributed by atoms with E-state index in [1.165, 1.54) is 28.6 Å². The molecule has 2 aliphatic rings. The van der Waals surface area contributed by atoms with Gasteiger partial charge in [-0.15, -0.1) is 0 Å². The average molecular weight is 445 g/mol. The van der Waals surface area contributed by atoms with Crippen molar-refractivity contribution in [2.45, 2.75) is 17.7 Å². The SMILES string of the molecule is O=C(c1cccc(S(=O)(=O)N2CCCC2)c1)N1CCN(c2ccc([N+](=O)[O-])cc2)CC1. The molecule has 0 N–H and O–H groups in total. The molecule has 0 unspecified atom stereocenters. The summed E-state index contributed by atoms with van der Waals surface area (Å²) in [6, 6.07) is 12.6. The van der Waals surface area contributed by atoms with Crippen LogP contribution in [-0.2, 0) is 10.0 Å². The van der Waals surface area contributed by atoms with E-state index in [2.05, 4.69) is 4.90 Å². The van der Waals surface area contributed by atoms with Crippen molar-refractivity contribution in [2.75, 3.05) is 44.2 Å². The second-order valence-corrected chi connectivity index (χ2v) is 9.63. The van der Waals surface area contributed by atoms with Crippen molar-refractivity contribution in [2.24, 2.45) is 0 Å². The van der Waals surface area contributed by atoms with Crippen molar-refractivity contribution in [1.82, 2.24) is 9.21 Å². The molecule has 1 amide bonds. The van der Waals surface area contributed by atoms with Crippen LogP contribution in [0.15, 0.2) is 53.4 Å². The van der Waals surface area contributed by atoms with Crippen LogP contribution >= 0.6 is 0 Å². The van der Waals surface area contributed by atoms with Gasteiger partial charge in [0.25, 0.3) is 11.6 Å². The lowest BCUT2D eigenvalue weighted by Crippen LogP contribution is -2.48. The van der Waals surface area contributed by atoms with Crippen LogP contribution in [0, 0.1) is 10.1 Å². The highest BCUT2D eigenvalue weighted by Gasteiger charge is 2.29. The smallest absolute Gasteiger partial charge is 0.269 e. The van der Waals surface area contributed by atoms with Crippen molar-refractivity contribution >= 4 is 27.3 Å². The van der Waals surface area contributed by atoms with Gasteiger partial charge >= 0.3 is 0 Å². The van der Waals surface area contributed by atoms with E-state index >= 15 is 0 Å². The highest BCUT2D eigenvalue weighted by molar-refractivity contribution is 7.89. The van der Waals surface area contributed by atoms with Gasteiger partial charge < -0.3 is 9.80 Å². The molecule has 2 heterocycles. The summed E-state index contributed by atoms with van der Waals surface area (Å²) in [5.41, 5.74) is 1.28. The van der Waals surface area contributed by atoms with E-state index in [1.54, 1.807) is 29.2 Å². The molecule has 2 saturated heterocycles. The number of nitrogens with zero attached hydrogens (tertiary/aromatic N) is 4. The van der Waals surface area contributed by atoms with Crippen LogP contribution < -0.4 is 4.90 Å². The van der Waals surface area contributed by atoms with Gasteiger partial charge in [0.2, 0.25) is 10.0 Å². The van der Waals surface area contributed by atoms with E-state index in [-0.39, 0.29) is 16.5 Å². The summed E-state index contributed by atoms with van der Waals surface area (Å²) in [6.07, 6.45) is 1.72. The van der Waals surface area contributed by atoms with Crippen LogP contribution in [0.1, 0.15) is 23.2 Å². The zero-order valence-electron chi connectivity index (χ0n) is 17.0. The highest BCUT2D eigenvalue weighted by atomic mass is 32.2. The topological polar surface area (TPSA) is 104 Å². The molecule has 10 heteroatoms. The zero-order chi connectivity index (χ0) is 22.0. The molecule has 2 fully saturated rings. The second kappa shape index (κ2) is 8.64. The number of nitro groups is 1. The number of anilines is 1. The third-order valence-corrected chi connectivity index (χ3v) is 7.67. The first-order valence-electron chi connectivity index (χ1n) is 10.3. The minimum atomic E-state index is -3.57. The van der Waals surface area contributed by atoms with E-state index < -0.39 is 14.9 Å². The Labute approximate surface area is 181 Å². The number of piperazine rings is 1. The molecule has 0 bridgehead atoms. The Kier molecular flexibility index (Phi) is 5.92. The summed E-state index contributed by atoms with van der Waals surface area (Å²) in [6.45, 7) is 3.19. The molecule has 2 aromatic carbocycles. The number of hydrogen-bond acceptors (Lipinski definition) is 6. The lowest BCUT2D eigenvalue weighted by molar-refractivity contribution is -0.384. The van der Waals surface area contributed by atoms with E-state index in [0.717, 1.165) is 18.5 Å². The van der Waals surface area contributed by atoms with E-state index in [1.807, 2.05) is 0 Å². The molecule has 0 atom stereocenters. The molecule has 0 saturated carbocycles. The van der Waals surface area contributed by atoms with Gasteiger partial charge in [0.05, 0.1) is 9.82 Å². The van der Waals surface area contributed by atoms with Gasteiger partial charge in [-0.2, -0.15) is 4.31 Å². The molecule has 0 spiro atoms. The maximum atomic E-state index is 13.0. The number of rotatable bonds is 5. The molecule has 9 nitrogen and oxygen atoms in total. The zero-order valence-corrected chi connectivity index (χ0v) is 17.8. The number of non-ortho nitro benzene ring substituents is 1. The largest absolute Gasteiger partial charge is 0.368 e. The molecule has 4 rings (SSSR count). The van der Waals surface area contributed by atoms with E-state index in [9.17, 15) is 23.3 Å². The molecule has 2 aliphatic heterocycles. The summed E-state index contributed by atoms with van der Waals surface area (Å²) < 4.78 is 27.1. The summed E-state index contributed by atoms with van der Waals surface area (Å²) in [5, 5.41) is 10.8. The quantitative estimate of drug-likeness (QED) is 0.518. The fraction of sp³-hybridized carbons (Fsp3) is 0.381. The summed E-state index contributed by atoms with van der Waals surface area (Å²) in [7, 11) is -3.57. The van der Waals surface area contributed by atoms with Gasteiger partial charge in [-0.25, -0.2) is 8.42 Å². The molecule has 0 aliphatic carbocycles. The monoisotopic (exact) mass is 444 g/mol. The first-order chi connectivity index (χ1) is 14.9. The van der Waals surface area contributed by atoms with Crippen molar-refractivity contribution in [3.63, 3.8) is 0 Å². The fourth-order valence-electron chi connectivity index (χ4n) is 4.00. The summed E-state index contributed by atoms with van der Waals surface area (Å²) in [5.74, 6) is -0.193. The number of hydrogen-bond donors (Lipinski definition) is 0. The predicted molar refractivity (Wildman–Crippen MR) is 116 cm³/mol. The Bertz CT molecular complexity index is 1070. The standard InChI is InChI=1S/C21H24N4O5S/c26-21(17-4-3-5-20(16-17)31(29,30)24-10-1-2-11-24)23-14-12-22(13-15-23)18-6-8-19(9-7-18)25(27)28/h3-9,16H,1-2,10-15H2. The van der Waals surface area contributed by atoms with Crippen molar-refractivity contribution < 1.29 is 18.1 Å². The van der Waals surface area contributed by atoms with E-state index in [0.29, 0.717) is 44.8 Å². The lowest BCUT2D eigenvalue weighted by atomic mass is 10.1. The van der Waals surface area contributed by atoms with Gasteiger partial charge in [0.15, 0.2) is 0 Å². The maximum Gasteiger partial charge on any atom is 0.269 e. The van der Waals surface area contributed by atoms with Gasteiger partial charge in [-0.05, 0) is 43.2 Å². The Hall–Kier alpha value is -2.98. The van der Waals surface area contributed by atoms with Crippen LogP contribution in [0.2, 0.25) is 0 Å². The number of amides is 1. The van der Waals surface area contributed by atoms with Crippen molar-refractivity contribution in [3.05, 3.63) is 64.2 Å². The number of carbonyl (C=O) groups is 1. The number of carbonyl (C=O) groups excluding carboxylic acids is 1. The van der Waals surface area contributed by atoms with Crippen LogP contribution in [0.3, 0.4) is 0 Å². The molecule has 0 aromatic heterocycles. The van der Waals surface area contributed by atoms with Crippen LogP contribution in [0.5, 0.6) is 0 Å². The van der Waals surface area contributed by atoms with E-state index in [4.69, 9.17) is 0 Å². The Morgan fingerprint density at radius 1 is 0.903 bits per heavy atom. The van der Waals surface area contributed by atoms with Crippen molar-refractivity contribution in [3.8, 4) is 0 Å². The fourth-order valence-corrected chi connectivity index (χ4v) is 5.57. The lowest BCUT2D eigenvalue weighted by Gasteiger charge is -2.36. The first-order valence-corrected chi connectivity index (χ1v) is 11.7. The third kappa shape index (κ3) is 4.40. The number of sulfonamides is 1. The first kappa shape index (κ1) is 21.3. The Morgan fingerprint density at radius 3 is 2.16 bits per heavy atom. The van der Waals surface area contributed by atoms with Crippen molar-refractivity contribution in [1.29, 1.82) is 0 Å². The minimum absolute atomic E-state index is 0.0429. The molecular formula is C21H24N4O5S. The van der Waals surface area contributed by atoms with Crippen LogP contribution in [-0.4, -0.2) is 67.7 Å². The van der Waals surface area contributed by atoms with Gasteiger partial charge in [-0.1, -0.05) is 6.07 Å². The minimum Gasteiger partial charge on any atom is -0.368 e. The maximum absolute atomic E-state index is 13.0. The Morgan fingerprint density at radius 2 is 1.55 bits per heavy atom.